The molecule has 1 aromatic rings. The Morgan fingerprint density at radius 2 is 2.04 bits per heavy atom. The third-order valence-corrected chi connectivity index (χ3v) is 6.33. The highest BCUT2D eigenvalue weighted by Crippen LogP contribution is 2.30. The van der Waals surface area contributed by atoms with Crippen molar-refractivity contribution in [3.8, 4) is 0 Å². The standard InChI is InChI=1S/C15H21N3O4S/c1-9-13(14(19)17-15(20)16-9)23(21,22)18-12-8-4-6-10-5-2-3-7-11(10)12/h2-3,5,7,9,12-13,15-16,18,20H,4,6,8H2,1H3,(H,17,19). The molecule has 0 radical (unpaired) electrons. The summed E-state index contributed by atoms with van der Waals surface area (Å²) >= 11 is 0. The van der Waals surface area contributed by atoms with Crippen molar-refractivity contribution in [2.75, 3.05) is 0 Å². The number of nitrogens with one attached hydrogen (secondary N) is 3. The van der Waals surface area contributed by atoms with Crippen LogP contribution in [-0.2, 0) is 21.2 Å². The van der Waals surface area contributed by atoms with Crippen LogP contribution in [-0.4, -0.2) is 37.1 Å². The highest BCUT2D eigenvalue weighted by atomic mass is 32.2. The van der Waals surface area contributed by atoms with Crippen molar-refractivity contribution in [1.82, 2.24) is 15.4 Å². The molecule has 4 N–H and O–H groups in total. The Kier molecular flexibility index (Phi) is 4.41. The lowest BCUT2D eigenvalue weighted by atomic mass is 9.88. The second kappa shape index (κ2) is 6.20. The first-order valence-corrected chi connectivity index (χ1v) is 9.26. The third-order valence-electron chi connectivity index (χ3n) is 4.42. The van der Waals surface area contributed by atoms with Crippen LogP contribution in [0.2, 0.25) is 0 Å². The molecule has 23 heavy (non-hydrogen) atoms. The number of hydrogen-bond acceptors (Lipinski definition) is 5. The number of fused-ring (bicyclic) bond motifs is 1. The van der Waals surface area contributed by atoms with Gasteiger partial charge in [0.2, 0.25) is 15.9 Å². The number of carbonyl (C=O) groups is 1. The van der Waals surface area contributed by atoms with Crippen molar-refractivity contribution < 1.29 is 18.3 Å². The van der Waals surface area contributed by atoms with Crippen LogP contribution in [0.25, 0.3) is 0 Å². The molecule has 126 valence electrons. The van der Waals surface area contributed by atoms with Crippen molar-refractivity contribution in [3.63, 3.8) is 0 Å². The normalized spacial score (nSPS) is 31.3. The van der Waals surface area contributed by atoms with Crippen LogP contribution >= 0.6 is 0 Å². The van der Waals surface area contributed by atoms with E-state index in [1.165, 1.54) is 0 Å². The predicted octanol–water partition coefficient (Wildman–Crippen LogP) is -0.264. The number of hydrogen-bond donors (Lipinski definition) is 4. The maximum absolute atomic E-state index is 12.7. The average molecular weight is 339 g/mol. The summed E-state index contributed by atoms with van der Waals surface area (Å²) in [6.45, 7) is 1.57. The molecule has 3 rings (SSSR count). The second-order valence-electron chi connectivity index (χ2n) is 6.09. The van der Waals surface area contributed by atoms with E-state index in [9.17, 15) is 18.3 Å². The van der Waals surface area contributed by atoms with E-state index < -0.39 is 33.6 Å². The Bertz CT molecular complexity index is 706. The number of aliphatic hydroxyl groups excluding tert-OH is 1. The first kappa shape index (κ1) is 16.4. The van der Waals surface area contributed by atoms with E-state index >= 15 is 0 Å². The van der Waals surface area contributed by atoms with Crippen LogP contribution < -0.4 is 15.4 Å². The molecule has 1 aliphatic heterocycles. The van der Waals surface area contributed by atoms with Gasteiger partial charge in [-0.1, -0.05) is 24.3 Å². The summed E-state index contributed by atoms with van der Waals surface area (Å²) in [4.78, 5) is 12.0. The molecule has 0 saturated carbocycles. The zero-order valence-electron chi connectivity index (χ0n) is 12.8. The van der Waals surface area contributed by atoms with Gasteiger partial charge in [-0.3, -0.25) is 10.1 Å². The molecule has 2 aliphatic rings. The fourth-order valence-corrected chi connectivity index (χ4v) is 5.13. The quantitative estimate of drug-likeness (QED) is 0.607. The van der Waals surface area contributed by atoms with Crippen LogP contribution in [0.4, 0.5) is 0 Å². The number of rotatable bonds is 3. The zero-order valence-corrected chi connectivity index (χ0v) is 13.6. The van der Waals surface area contributed by atoms with Gasteiger partial charge in [-0.05, 0) is 37.3 Å². The van der Waals surface area contributed by atoms with Gasteiger partial charge in [-0.2, -0.15) is 0 Å². The topological polar surface area (TPSA) is 108 Å². The fourth-order valence-electron chi connectivity index (χ4n) is 3.38. The summed E-state index contributed by atoms with van der Waals surface area (Å²) < 4.78 is 28.1. The smallest absolute Gasteiger partial charge is 0.244 e. The van der Waals surface area contributed by atoms with E-state index in [2.05, 4.69) is 15.4 Å². The van der Waals surface area contributed by atoms with Crippen molar-refractivity contribution in [2.45, 2.75) is 49.9 Å². The fraction of sp³-hybridized carbons (Fsp3) is 0.533. The van der Waals surface area contributed by atoms with Crippen molar-refractivity contribution in [2.24, 2.45) is 0 Å². The largest absolute Gasteiger partial charge is 0.361 e. The van der Waals surface area contributed by atoms with Gasteiger partial charge in [-0.15, -0.1) is 0 Å². The molecule has 4 atom stereocenters. The monoisotopic (exact) mass is 339 g/mol. The first-order valence-electron chi connectivity index (χ1n) is 7.72. The predicted molar refractivity (Wildman–Crippen MR) is 84.7 cm³/mol. The summed E-state index contributed by atoms with van der Waals surface area (Å²) in [6, 6.07) is 6.75. The number of amides is 1. The molecule has 1 aromatic carbocycles. The molecule has 0 aromatic heterocycles. The number of benzene rings is 1. The summed E-state index contributed by atoms with van der Waals surface area (Å²) in [7, 11) is -3.88. The van der Waals surface area contributed by atoms with Gasteiger partial charge in [-0.25, -0.2) is 13.1 Å². The maximum Gasteiger partial charge on any atom is 0.244 e. The lowest BCUT2D eigenvalue weighted by Crippen LogP contribution is -2.66. The van der Waals surface area contributed by atoms with E-state index in [-0.39, 0.29) is 6.04 Å². The van der Waals surface area contributed by atoms with Gasteiger partial charge in [0.25, 0.3) is 0 Å². The van der Waals surface area contributed by atoms with Crippen molar-refractivity contribution in [1.29, 1.82) is 0 Å². The lowest BCUT2D eigenvalue weighted by molar-refractivity contribution is -0.127. The van der Waals surface area contributed by atoms with E-state index in [0.717, 1.165) is 24.0 Å². The summed E-state index contributed by atoms with van der Waals surface area (Å²) in [5.74, 6) is -0.694. The van der Waals surface area contributed by atoms with Crippen LogP contribution in [0.3, 0.4) is 0 Å². The van der Waals surface area contributed by atoms with Gasteiger partial charge in [0.15, 0.2) is 11.6 Å². The minimum absolute atomic E-state index is 0.322. The molecule has 1 saturated heterocycles. The first-order chi connectivity index (χ1) is 10.9. The lowest BCUT2D eigenvalue weighted by Gasteiger charge is -2.34. The molecule has 4 unspecified atom stereocenters. The SMILES string of the molecule is CC1NC(O)NC(=O)C1S(=O)(=O)NC1CCCc2ccccc21. The van der Waals surface area contributed by atoms with E-state index in [1.807, 2.05) is 24.3 Å². The Hall–Kier alpha value is -1.48. The molecule has 1 amide bonds. The van der Waals surface area contributed by atoms with Crippen molar-refractivity contribution >= 4 is 15.9 Å². The molecule has 1 aliphatic carbocycles. The second-order valence-corrected chi connectivity index (χ2v) is 7.93. The molecule has 1 heterocycles. The zero-order chi connectivity index (χ0) is 16.6. The molecular weight excluding hydrogens is 318 g/mol. The van der Waals surface area contributed by atoms with Gasteiger partial charge in [0, 0.05) is 12.1 Å². The third kappa shape index (κ3) is 3.25. The Morgan fingerprint density at radius 3 is 2.78 bits per heavy atom. The molecule has 7 nitrogen and oxygen atoms in total. The highest BCUT2D eigenvalue weighted by Gasteiger charge is 2.43. The van der Waals surface area contributed by atoms with Crippen LogP contribution in [0.5, 0.6) is 0 Å². The van der Waals surface area contributed by atoms with Gasteiger partial charge < -0.3 is 10.4 Å². The van der Waals surface area contributed by atoms with Gasteiger partial charge in [0.05, 0.1) is 0 Å². The Labute approximate surface area is 135 Å². The average Bonchev–Trinajstić information content (AvgIpc) is 2.45. The summed E-state index contributed by atoms with van der Waals surface area (Å²) in [5, 5.41) is 13.0. The molecule has 1 fully saturated rings. The Morgan fingerprint density at radius 1 is 1.30 bits per heavy atom. The molecule has 0 spiro atoms. The summed E-state index contributed by atoms with van der Waals surface area (Å²) in [6.07, 6.45) is 1.31. The molecular formula is C15H21N3O4S. The van der Waals surface area contributed by atoms with Crippen LogP contribution in [0.15, 0.2) is 24.3 Å². The van der Waals surface area contributed by atoms with Crippen LogP contribution in [0, 0.1) is 0 Å². The highest BCUT2D eigenvalue weighted by molar-refractivity contribution is 7.91. The minimum atomic E-state index is -3.88. The number of sulfonamides is 1. The number of carbonyl (C=O) groups excluding carboxylic acids is 1. The van der Waals surface area contributed by atoms with E-state index in [0.29, 0.717) is 6.42 Å². The minimum Gasteiger partial charge on any atom is -0.361 e. The summed E-state index contributed by atoms with van der Waals surface area (Å²) in [5.41, 5.74) is 2.11. The number of aryl methyl sites for hydroxylation is 1. The maximum atomic E-state index is 12.7. The Balaban J connectivity index is 1.84. The van der Waals surface area contributed by atoms with Crippen molar-refractivity contribution in [3.05, 3.63) is 35.4 Å². The van der Waals surface area contributed by atoms with Gasteiger partial charge >= 0.3 is 0 Å². The van der Waals surface area contributed by atoms with E-state index in [1.54, 1.807) is 6.92 Å². The van der Waals surface area contributed by atoms with Gasteiger partial charge in [0.1, 0.15) is 0 Å². The molecule has 0 bridgehead atoms. The van der Waals surface area contributed by atoms with E-state index in [4.69, 9.17) is 0 Å². The van der Waals surface area contributed by atoms with Crippen LogP contribution in [0.1, 0.15) is 36.9 Å². The number of aliphatic hydroxyl groups is 1. The molecule has 8 heteroatoms.